The monoisotopic (exact) mass is 68.0 g/mol. The summed E-state index contributed by atoms with van der Waals surface area (Å²) < 4.78 is 0. The molecule has 0 aliphatic carbocycles. The maximum atomic E-state index is 8.00. The molecule has 0 aliphatic heterocycles. The van der Waals surface area contributed by atoms with Gasteiger partial charge < -0.3 is 6.22 Å². The van der Waals surface area contributed by atoms with Gasteiger partial charge in [0.2, 0.25) is 0 Å². The third-order valence-electron chi connectivity index (χ3n) is 0. The summed E-state index contributed by atoms with van der Waals surface area (Å²) in [5.41, 5.74) is 0. The maximum Gasteiger partial charge on any atom is 1.00 e. The van der Waals surface area contributed by atoms with E-state index in [1.165, 1.54) is 0 Å². The molecule has 0 aromatic rings. The van der Waals surface area contributed by atoms with Gasteiger partial charge in [0.1, 0.15) is 6.79 Å². The molecule has 0 saturated heterocycles. The molecule has 3 heteroatoms. The molecule has 0 aromatic heterocycles. The van der Waals surface area contributed by atoms with Crippen molar-refractivity contribution in [1.29, 1.82) is 0 Å². The quantitative estimate of drug-likeness (QED) is 0.263. The molecule has 0 aliphatic rings. The van der Waals surface area contributed by atoms with Crippen LogP contribution in [0.4, 0.5) is 0 Å². The van der Waals surface area contributed by atoms with Gasteiger partial charge in [-0.25, -0.2) is 0 Å². The molecule has 0 saturated carbocycles. The Labute approximate surface area is 49.6 Å². The number of hydrogen-bond donors (Lipinski definition) is 0. The van der Waals surface area contributed by atoms with Crippen molar-refractivity contribution in [2.75, 3.05) is 0 Å². The summed E-state index contributed by atoms with van der Waals surface area (Å²) in [7, 11) is 0. The van der Waals surface area contributed by atoms with E-state index in [1.807, 2.05) is 6.79 Å². The first-order chi connectivity index (χ1) is 1.00. The second-order valence-corrected chi connectivity index (χ2v) is 0. The first kappa shape index (κ1) is 21.4. The SMILES string of the molecule is C=O.[AlH3].[H-].[Li+]. The topological polar surface area (TPSA) is 17.1 Å². The van der Waals surface area contributed by atoms with E-state index in [4.69, 9.17) is 4.79 Å². The molecule has 0 N–H and O–H groups in total. The van der Waals surface area contributed by atoms with Gasteiger partial charge in [-0.1, -0.05) is 0 Å². The number of rotatable bonds is 0. The molecule has 0 spiro atoms. The average molecular weight is 68.0 g/mol. The van der Waals surface area contributed by atoms with Crippen LogP contribution in [0.25, 0.3) is 0 Å². The van der Waals surface area contributed by atoms with Gasteiger partial charge in [0.05, 0.1) is 0 Å². The summed E-state index contributed by atoms with van der Waals surface area (Å²) in [5.74, 6) is 0. The fourth-order valence-electron chi connectivity index (χ4n) is 0. The van der Waals surface area contributed by atoms with Gasteiger partial charge in [-0.15, -0.1) is 0 Å². The molecule has 0 fully saturated rings. The standard InChI is InChI=1S/CH2O.Al.Li.4H/c1-2;;;;;;/h1H2;;;;;;/q;;+1;;;;-1. The van der Waals surface area contributed by atoms with Crippen molar-refractivity contribution in [2.45, 2.75) is 0 Å². The molecular weight excluding hydrogens is 61.9 g/mol. The zero-order valence-electron chi connectivity index (χ0n) is 3.12. The van der Waals surface area contributed by atoms with Crippen LogP contribution >= 0.6 is 0 Å². The smallest absolute Gasteiger partial charge is 1.00 e. The molecule has 0 radical (unpaired) electrons. The van der Waals surface area contributed by atoms with E-state index < -0.39 is 0 Å². The van der Waals surface area contributed by atoms with Crippen LogP contribution in [0.2, 0.25) is 0 Å². The second-order valence-electron chi connectivity index (χ2n) is 0. The molecular formula is CH6AlLiO. The third kappa shape index (κ3) is 14.2. The summed E-state index contributed by atoms with van der Waals surface area (Å²) in [6, 6.07) is 0. The van der Waals surface area contributed by atoms with Crippen LogP contribution in [0.5, 0.6) is 0 Å². The van der Waals surface area contributed by atoms with Gasteiger partial charge in [0.15, 0.2) is 17.4 Å². The molecule has 0 atom stereocenters. The Morgan fingerprint density at radius 1 is 1.50 bits per heavy atom. The maximum absolute atomic E-state index is 8.00. The van der Waals surface area contributed by atoms with E-state index in [1.54, 1.807) is 0 Å². The minimum Gasteiger partial charge on any atom is -1.00 e. The average Bonchev–Trinajstić information content (AvgIpc) is 1.00. The van der Waals surface area contributed by atoms with Gasteiger partial charge in [-0.2, -0.15) is 0 Å². The van der Waals surface area contributed by atoms with Gasteiger partial charge in [0.25, 0.3) is 0 Å². The summed E-state index contributed by atoms with van der Waals surface area (Å²) in [5, 5.41) is 0. The Balaban J connectivity index is -0.00000000167. The minimum atomic E-state index is 0. The Bertz CT molecular complexity index is 11.6. The van der Waals surface area contributed by atoms with E-state index in [0.717, 1.165) is 0 Å². The molecule has 0 bridgehead atoms. The normalized spacial score (nSPS) is 1.00. The first-order valence-electron chi connectivity index (χ1n) is 0.289. The molecule has 0 aromatic carbocycles. The van der Waals surface area contributed by atoms with Crippen LogP contribution in [-0.4, -0.2) is 24.2 Å². The van der Waals surface area contributed by atoms with Crippen LogP contribution < -0.4 is 18.9 Å². The molecule has 20 valence electrons. The summed E-state index contributed by atoms with van der Waals surface area (Å²) in [4.78, 5) is 8.00. The van der Waals surface area contributed by atoms with E-state index >= 15 is 0 Å². The van der Waals surface area contributed by atoms with Crippen LogP contribution in [0, 0.1) is 0 Å². The van der Waals surface area contributed by atoms with Crippen molar-refractivity contribution in [3.8, 4) is 0 Å². The third-order valence-corrected chi connectivity index (χ3v) is 0. The predicted octanol–water partition coefficient (Wildman–Crippen LogP) is -4.25. The van der Waals surface area contributed by atoms with E-state index in [0.29, 0.717) is 0 Å². The van der Waals surface area contributed by atoms with Gasteiger partial charge in [-0.05, 0) is 0 Å². The van der Waals surface area contributed by atoms with E-state index in [-0.39, 0.29) is 37.6 Å². The molecule has 0 amide bonds. The van der Waals surface area contributed by atoms with Crippen LogP contribution in [0.3, 0.4) is 0 Å². The number of carbonyl (C=O) groups excluding carboxylic acids is 1. The Morgan fingerprint density at radius 3 is 1.50 bits per heavy atom. The molecule has 4 heavy (non-hydrogen) atoms. The van der Waals surface area contributed by atoms with Crippen molar-refractivity contribution in [3.63, 3.8) is 0 Å². The van der Waals surface area contributed by atoms with Crippen molar-refractivity contribution < 1.29 is 25.1 Å². The van der Waals surface area contributed by atoms with Gasteiger partial charge in [-0.3, -0.25) is 0 Å². The largest absolute Gasteiger partial charge is 1.00 e. The van der Waals surface area contributed by atoms with Crippen LogP contribution in [0.15, 0.2) is 0 Å². The Hall–Kier alpha value is 0.800. The summed E-state index contributed by atoms with van der Waals surface area (Å²) in [6.45, 7) is 2.00. The number of hydrogen-bond acceptors (Lipinski definition) is 1. The summed E-state index contributed by atoms with van der Waals surface area (Å²) >= 11 is 0. The second kappa shape index (κ2) is 46.6. The fraction of sp³-hybridized carbons (Fsp3) is 0. The Morgan fingerprint density at radius 2 is 1.50 bits per heavy atom. The van der Waals surface area contributed by atoms with E-state index in [2.05, 4.69) is 0 Å². The fourth-order valence-corrected chi connectivity index (χ4v) is 0. The van der Waals surface area contributed by atoms with Crippen LogP contribution in [0.1, 0.15) is 1.43 Å². The first-order valence-corrected chi connectivity index (χ1v) is 0.289. The molecule has 0 unspecified atom stereocenters. The van der Waals surface area contributed by atoms with Gasteiger partial charge in [0, 0.05) is 0 Å². The molecule has 1 nitrogen and oxygen atoms in total. The Kier molecular flexibility index (Phi) is 249. The van der Waals surface area contributed by atoms with Crippen molar-refractivity contribution in [3.05, 3.63) is 0 Å². The zero-order chi connectivity index (χ0) is 2.00. The van der Waals surface area contributed by atoms with Crippen molar-refractivity contribution in [1.82, 2.24) is 0 Å². The van der Waals surface area contributed by atoms with Gasteiger partial charge >= 0.3 is 18.9 Å². The zero-order valence-corrected chi connectivity index (χ0v) is 2.12. The predicted molar refractivity (Wildman–Crippen MR) is 18.2 cm³/mol. The summed E-state index contributed by atoms with van der Waals surface area (Å²) in [6.07, 6.45) is 0. The molecule has 0 heterocycles. The van der Waals surface area contributed by atoms with Crippen LogP contribution in [-0.2, 0) is 4.79 Å². The molecule has 0 rings (SSSR count). The van der Waals surface area contributed by atoms with E-state index in [9.17, 15) is 0 Å². The van der Waals surface area contributed by atoms with Crippen molar-refractivity contribution in [2.24, 2.45) is 0 Å². The number of carbonyl (C=O) groups is 1. The minimum absolute atomic E-state index is 0. The van der Waals surface area contributed by atoms with Crippen molar-refractivity contribution >= 4 is 24.2 Å².